The lowest BCUT2D eigenvalue weighted by atomic mass is 10.1. The monoisotopic (exact) mass is 421 g/mol. The molecule has 1 aliphatic heterocycles. The van der Waals surface area contributed by atoms with Crippen molar-refractivity contribution >= 4 is 27.9 Å². The number of nitro groups is 1. The van der Waals surface area contributed by atoms with Gasteiger partial charge in [-0.05, 0) is 4.92 Å². The summed E-state index contributed by atoms with van der Waals surface area (Å²) in [4.78, 5) is 37.5. The van der Waals surface area contributed by atoms with Crippen LogP contribution in [0.3, 0.4) is 0 Å². The number of imidazole rings is 1. The second kappa shape index (κ2) is 8.20. The van der Waals surface area contributed by atoms with Crippen LogP contribution in [0.5, 0.6) is 0 Å². The van der Waals surface area contributed by atoms with E-state index in [-0.39, 0.29) is 5.82 Å². The van der Waals surface area contributed by atoms with Gasteiger partial charge >= 0.3 is 17.8 Å². The molecule has 13 nitrogen and oxygen atoms in total. The van der Waals surface area contributed by atoms with Crippen molar-refractivity contribution in [3.63, 3.8) is 0 Å². The number of carbonyl (C=O) groups is 2. The first-order valence-electron chi connectivity index (χ1n) is 7.93. The predicted octanol–water partition coefficient (Wildman–Crippen LogP) is -0.163. The third-order valence-electron chi connectivity index (χ3n) is 3.74. The Balaban J connectivity index is 2.48. The molecule has 2 heterocycles. The number of nitrogens with zero attached hydrogens (tertiary/aromatic N) is 3. The number of aromatic nitrogens is 2. The molecular weight excluding hydrogens is 402 g/mol. The quantitative estimate of drug-likeness (QED) is 0.248. The molecule has 0 aromatic carbocycles. The van der Waals surface area contributed by atoms with Gasteiger partial charge in [-0.1, -0.05) is 0 Å². The molecule has 0 saturated carbocycles. The smallest absolute Gasteiger partial charge is 0.345 e. The van der Waals surface area contributed by atoms with Gasteiger partial charge in [0.05, 0.1) is 12.9 Å². The Morgan fingerprint density at radius 1 is 1.29 bits per heavy atom. The van der Waals surface area contributed by atoms with Crippen molar-refractivity contribution in [2.24, 2.45) is 0 Å². The zero-order chi connectivity index (χ0) is 21.2. The second-order valence-corrected chi connectivity index (χ2v) is 7.64. The SMILES string of the molecule is CC(=O)OC1C(COS(C)(=O)=O)OC(n2c([N+](=O)[O-])cnc2C)C1OC(C)=O. The summed E-state index contributed by atoms with van der Waals surface area (Å²) in [5, 5.41) is 11.3. The topological polar surface area (TPSA) is 166 Å². The molecule has 0 N–H and O–H groups in total. The maximum Gasteiger partial charge on any atom is 0.345 e. The van der Waals surface area contributed by atoms with E-state index in [2.05, 4.69) is 4.98 Å². The van der Waals surface area contributed by atoms with Gasteiger partial charge in [-0.3, -0.25) is 13.8 Å². The zero-order valence-electron chi connectivity index (χ0n) is 15.4. The van der Waals surface area contributed by atoms with Crippen molar-refractivity contribution in [2.75, 3.05) is 12.9 Å². The van der Waals surface area contributed by atoms with Gasteiger partial charge in [-0.15, -0.1) is 0 Å². The van der Waals surface area contributed by atoms with E-state index >= 15 is 0 Å². The van der Waals surface area contributed by atoms with Gasteiger partial charge in [0, 0.05) is 20.8 Å². The van der Waals surface area contributed by atoms with Crippen LogP contribution in [0.25, 0.3) is 0 Å². The standard InChI is InChI=1S/C14H19N3O10S/c1-7-15-5-11(17(20)21)16(7)14-13(26-9(3)19)12(25-8(2)18)10(27-14)6-24-28(4,22)23/h5,10,12-14H,6H2,1-4H3. The lowest BCUT2D eigenvalue weighted by Crippen LogP contribution is -2.40. The average molecular weight is 421 g/mol. The summed E-state index contributed by atoms with van der Waals surface area (Å²) >= 11 is 0. The fourth-order valence-electron chi connectivity index (χ4n) is 2.78. The third-order valence-corrected chi connectivity index (χ3v) is 4.30. The van der Waals surface area contributed by atoms with Crippen LogP contribution in [0.1, 0.15) is 25.9 Å². The van der Waals surface area contributed by atoms with Crippen LogP contribution in [0.15, 0.2) is 6.20 Å². The summed E-state index contributed by atoms with van der Waals surface area (Å²) < 4.78 is 44.4. The molecule has 156 valence electrons. The summed E-state index contributed by atoms with van der Waals surface area (Å²) in [6, 6.07) is 0. The van der Waals surface area contributed by atoms with Crippen LogP contribution < -0.4 is 0 Å². The highest BCUT2D eigenvalue weighted by Crippen LogP contribution is 2.37. The van der Waals surface area contributed by atoms with Gasteiger partial charge in [0.1, 0.15) is 12.3 Å². The number of rotatable bonds is 7. The summed E-state index contributed by atoms with van der Waals surface area (Å²) in [5.41, 5.74) is 0. The highest BCUT2D eigenvalue weighted by molar-refractivity contribution is 7.85. The summed E-state index contributed by atoms with van der Waals surface area (Å²) in [6.45, 7) is 3.09. The lowest BCUT2D eigenvalue weighted by Gasteiger charge is -2.22. The molecule has 0 bridgehead atoms. The molecule has 28 heavy (non-hydrogen) atoms. The van der Waals surface area contributed by atoms with E-state index in [9.17, 15) is 28.1 Å². The first-order chi connectivity index (χ1) is 12.9. The van der Waals surface area contributed by atoms with Crippen molar-refractivity contribution in [1.82, 2.24) is 9.55 Å². The Bertz CT molecular complexity index is 880. The Kier molecular flexibility index (Phi) is 6.36. The van der Waals surface area contributed by atoms with Crippen molar-refractivity contribution < 1.29 is 41.3 Å². The number of esters is 2. The molecule has 1 saturated heterocycles. The van der Waals surface area contributed by atoms with Gasteiger partial charge in [-0.2, -0.15) is 13.0 Å². The molecule has 1 aromatic rings. The first kappa shape index (κ1) is 21.7. The van der Waals surface area contributed by atoms with Gasteiger partial charge < -0.3 is 24.3 Å². The van der Waals surface area contributed by atoms with Crippen LogP contribution in [0.4, 0.5) is 5.82 Å². The number of carbonyl (C=O) groups excluding carboxylic acids is 2. The fourth-order valence-corrected chi connectivity index (χ4v) is 3.16. The number of aryl methyl sites for hydroxylation is 1. The van der Waals surface area contributed by atoms with Crippen LogP contribution >= 0.6 is 0 Å². The lowest BCUT2D eigenvalue weighted by molar-refractivity contribution is -0.394. The van der Waals surface area contributed by atoms with Crippen molar-refractivity contribution in [3.05, 3.63) is 22.1 Å². The molecule has 1 aliphatic rings. The minimum Gasteiger partial charge on any atom is -0.455 e. The van der Waals surface area contributed by atoms with E-state index in [0.29, 0.717) is 0 Å². The van der Waals surface area contributed by atoms with Crippen molar-refractivity contribution in [2.45, 2.75) is 45.3 Å². The highest BCUT2D eigenvalue weighted by atomic mass is 32.2. The minimum absolute atomic E-state index is 0.167. The Hall–Kier alpha value is -2.58. The third kappa shape index (κ3) is 5.02. The van der Waals surface area contributed by atoms with E-state index < -0.39 is 63.9 Å². The van der Waals surface area contributed by atoms with Crippen LogP contribution in [-0.2, 0) is 38.1 Å². The summed E-state index contributed by atoms with van der Waals surface area (Å²) in [6.07, 6.45) is -3.26. The Morgan fingerprint density at radius 3 is 2.36 bits per heavy atom. The van der Waals surface area contributed by atoms with Gasteiger partial charge in [-0.25, -0.2) is 4.98 Å². The van der Waals surface area contributed by atoms with Crippen LogP contribution in [0.2, 0.25) is 0 Å². The normalized spacial score (nSPS) is 24.7. The fraction of sp³-hybridized carbons (Fsp3) is 0.643. The minimum atomic E-state index is -3.86. The summed E-state index contributed by atoms with van der Waals surface area (Å²) in [7, 11) is -3.86. The molecule has 0 radical (unpaired) electrons. The maximum atomic E-state index is 11.6. The number of ether oxygens (including phenoxy) is 3. The molecule has 1 fully saturated rings. The van der Waals surface area contributed by atoms with E-state index in [1.807, 2.05) is 0 Å². The molecule has 4 atom stereocenters. The van der Waals surface area contributed by atoms with Crippen molar-refractivity contribution in [3.8, 4) is 0 Å². The molecule has 0 aliphatic carbocycles. The van der Waals surface area contributed by atoms with E-state index in [4.69, 9.17) is 18.4 Å². The molecule has 2 rings (SSSR count). The predicted molar refractivity (Wildman–Crippen MR) is 89.4 cm³/mol. The van der Waals surface area contributed by atoms with Crippen LogP contribution in [-0.4, -0.2) is 66.0 Å². The average Bonchev–Trinajstić information content (AvgIpc) is 3.05. The Labute approximate surface area is 159 Å². The molecule has 4 unspecified atom stereocenters. The Morgan fingerprint density at radius 2 is 1.86 bits per heavy atom. The van der Waals surface area contributed by atoms with Gasteiger partial charge in [0.25, 0.3) is 10.1 Å². The van der Waals surface area contributed by atoms with E-state index in [0.717, 1.165) is 30.9 Å². The largest absolute Gasteiger partial charge is 0.455 e. The number of hydrogen-bond acceptors (Lipinski definition) is 11. The molecular formula is C14H19N3O10S. The highest BCUT2D eigenvalue weighted by Gasteiger charge is 2.54. The van der Waals surface area contributed by atoms with Gasteiger partial charge in [0.15, 0.2) is 11.9 Å². The van der Waals surface area contributed by atoms with Crippen molar-refractivity contribution in [1.29, 1.82) is 0 Å². The molecule has 1 aromatic heterocycles. The molecule has 0 spiro atoms. The zero-order valence-corrected chi connectivity index (χ0v) is 16.2. The second-order valence-electron chi connectivity index (χ2n) is 5.99. The molecule has 14 heteroatoms. The summed E-state index contributed by atoms with van der Waals surface area (Å²) in [5.74, 6) is -1.81. The van der Waals surface area contributed by atoms with Gasteiger partial charge in [0.2, 0.25) is 12.3 Å². The van der Waals surface area contributed by atoms with E-state index in [1.54, 1.807) is 0 Å². The maximum absolute atomic E-state index is 11.6. The molecule has 0 amide bonds. The van der Waals surface area contributed by atoms with E-state index in [1.165, 1.54) is 6.92 Å². The number of hydrogen-bond donors (Lipinski definition) is 0. The first-order valence-corrected chi connectivity index (χ1v) is 9.75. The van der Waals surface area contributed by atoms with Crippen LogP contribution in [0, 0.1) is 17.0 Å².